The molecule has 2 rings (SSSR count). The summed E-state index contributed by atoms with van der Waals surface area (Å²) in [6, 6.07) is 5.12. The maximum absolute atomic E-state index is 13.1. The molecule has 0 aliphatic rings. The Balaban J connectivity index is 2.05. The van der Waals surface area contributed by atoms with Crippen LogP contribution in [0.2, 0.25) is 0 Å². The molecule has 3 N–H and O–H groups in total. The molecule has 2 aromatic rings. The Kier molecular flexibility index (Phi) is 4.78. The summed E-state index contributed by atoms with van der Waals surface area (Å²) in [4.78, 5) is 8.17. The summed E-state index contributed by atoms with van der Waals surface area (Å²) >= 11 is 0. The van der Waals surface area contributed by atoms with Crippen molar-refractivity contribution in [2.45, 2.75) is 6.42 Å². The summed E-state index contributed by atoms with van der Waals surface area (Å²) in [5.74, 6) is -0.974. The Bertz CT molecular complexity index is 580. The molecule has 1 heterocycles. The van der Waals surface area contributed by atoms with Gasteiger partial charge in [-0.3, -0.25) is 0 Å². The van der Waals surface area contributed by atoms with Gasteiger partial charge in [-0.05, 0) is 24.6 Å². The second kappa shape index (κ2) is 6.76. The van der Waals surface area contributed by atoms with E-state index < -0.39 is 11.6 Å². The maximum atomic E-state index is 13.1. The van der Waals surface area contributed by atoms with E-state index in [9.17, 15) is 8.78 Å². The fourth-order valence-corrected chi connectivity index (χ4v) is 1.51. The number of halogens is 2. The van der Waals surface area contributed by atoms with Crippen LogP contribution in [0.3, 0.4) is 0 Å². The van der Waals surface area contributed by atoms with Crippen molar-refractivity contribution in [2.24, 2.45) is 0 Å². The van der Waals surface area contributed by atoms with Crippen LogP contribution in [0, 0.1) is 11.6 Å². The van der Waals surface area contributed by atoms with Crippen molar-refractivity contribution in [3.05, 3.63) is 42.1 Å². The van der Waals surface area contributed by atoms with Crippen LogP contribution in [-0.4, -0.2) is 28.2 Å². The van der Waals surface area contributed by atoms with Gasteiger partial charge < -0.3 is 15.7 Å². The first-order valence-corrected chi connectivity index (χ1v) is 6.09. The quantitative estimate of drug-likeness (QED) is 0.708. The molecule has 0 aliphatic carbocycles. The smallest absolute Gasteiger partial charge is 0.224 e. The Morgan fingerprint density at radius 1 is 1.15 bits per heavy atom. The van der Waals surface area contributed by atoms with Crippen LogP contribution < -0.4 is 10.6 Å². The standard InChI is InChI=1S/C13H14F2N4O/c14-10-3-2-9(8-11(10)15)18-12-4-6-17-13(19-12)16-5-1-7-20/h2-4,6,8,20H,1,5,7H2,(H2,16,17,18,19). The highest BCUT2D eigenvalue weighted by molar-refractivity contribution is 5.56. The average Bonchev–Trinajstić information content (AvgIpc) is 2.44. The number of hydrogen-bond donors (Lipinski definition) is 3. The minimum absolute atomic E-state index is 0.0831. The molecule has 0 atom stereocenters. The summed E-state index contributed by atoms with van der Waals surface area (Å²) < 4.78 is 25.9. The van der Waals surface area contributed by atoms with Crippen LogP contribution in [-0.2, 0) is 0 Å². The van der Waals surface area contributed by atoms with E-state index in [2.05, 4.69) is 20.6 Å². The van der Waals surface area contributed by atoms with E-state index in [0.29, 0.717) is 30.4 Å². The molecule has 0 radical (unpaired) electrons. The van der Waals surface area contributed by atoms with E-state index in [0.717, 1.165) is 12.1 Å². The zero-order valence-electron chi connectivity index (χ0n) is 10.6. The molecule has 0 bridgehead atoms. The van der Waals surface area contributed by atoms with E-state index >= 15 is 0 Å². The van der Waals surface area contributed by atoms with Crippen molar-refractivity contribution in [1.29, 1.82) is 0 Å². The van der Waals surface area contributed by atoms with Gasteiger partial charge in [0.05, 0.1) is 0 Å². The molecule has 0 spiro atoms. The molecule has 0 saturated heterocycles. The third-order valence-corrected chi connectivity index (χ3v) is 2.47. The zero-order chi connectivity index (χ0) is 14.4. The van der Waals surface area contributed by atoms with Gasteiger partial charge in [0.1, 0.15) is 5.82 Å². The van der Waals surface area contributed by atoms with E-state index in [1.54, 1.807) is 6.07 Å². The molecule has 0 amide bonds. The molecular formula is C13H14F2N4O. The molecule has 0 saturated carbocycles. The van der Waals surface area contributed by atoms with Gasteiger partial charge in [-0.25, -0.2) is 13.8 Å². The van der Waals surface area contributed by atoms with Gasteiger partial charge >= 0.3 is 0 Å². The molecule has 7 heteroatoms. The number of rotatable bonds is 6. The maximum Gasteiger partial charge on any atom is 0.224 e. The van der Waals surface area contributed by atoms with Crippen LogP contribution in [0.5, 0.6) is 0 Å². The number of anilines is 3. The van der Waals surface area contributed by atoms with E-state index in [1.165, 1.54) is 12.3 Å². The number of hydrogen-bond acceptors (Lipinski definition) is 5. The van der Waals surface area contributed by atoms with E-state index in [4.69, 9.17) is 5.11 Å². The van der Waals surface area contributed by atoms with Crippen molar-refractivity contribution >= 4 is 17.5 Å². The Hall–Kier alpha value is -2.28. The Morgan fingerprint density at radius 3 is 2.75 bits per heavy atom. The SMILES string of the molecule is OCCCNc1nccc(Nc2ccc(F)c(F)c2)n1. The van der Waals surface area contributed by atoms with Gasteiger partial charge in [-0.1, -0.05) is 0 Å². The lowest BCUT2D eigenvalue weighted by atomic mass is 10.3. The average molecular weight is 280 g/mol. The number of aromatic nitrogens is 2. The number of nitrogens with one attached hydrogen (secondary N) is 2. The first-order chi connectivity index (χ1) is 9.69. The molecule has 1 aromatic carbocycles. The largest absolute Gasteiger partial charge is 0.396 e. The third kappa shape index (κ3) is 3.86. The monoisotopic (exact) mass is 280 g/mol. The summed E-state index contributed by atoms with van der Waals surface area (Å²) in [5, 5.41) is 14.5. The highest BCUT2D eigenvalue weighted by Crippen LogP contribution is 2.17. The lowest BCUT2D eigenvalue weighted by molar-refractivity contribution is 0.292. The van der Waals surface area contributed by atoms with Gasteiger partial charge in [0.15, 0.2) is 11.6 Å². The minimum atomic E-state index is -0.926. The number of benzene rings is 1. The highest BCUT2D eigenvalue weighted by atomic mass is 19.2. The van der Waals surface area contributed by atoms with Crippen molar-refractivity contribution in [3.63, 3.8) is 0 Å². The van der Waals surface area contributed by atoms with Crippen molar-refractivity contribution in [3.8, 4) is 0 Å². The molecule has 1 aromatic heterocycles. The summed E-state index contributed by atoms with van der Waals surface area (Å²) in [7, 11) is 0. The fourth-order valence-electron chi connectivity index (χ4n) is 1.51. The Labute approximate surface area is 114 Å². The van der Waals surface area contributed by atoms with Crippen LogP contribution >= 0.6 is 0 Å². The molecule has 5 nitrogen and oxygen atoms in total. The highest BCUT2D eigenvalue weighted by Gasteiger charge is 2.04. The van der Waals surface area contributed by atoms with Gasteiger partial charge in [0.25, 0.3) is 0 Å². The second-order valence-electron chi connectivity index (χ2n) is 4.02. The molecule has 0 fully saturated rings. The summed E-state index contributed by atoms with van der Waals surface area (Å²) in [6.07, 6.45) is 2.13. The van der Waals surface area contributed by atoms with E-state index in [-0.39, 0.29) is 6.61 Å². The van der Waals surface area contributed by atoms with Crippen molar-refractivity contribution < 1.29 is 13.9 Å². The minimum Gasteiger partial charge on any atom is -0.396 e. The van der Waals surface area contributed by atoms with E-state index in [1.807, 2.05) is 0 Å². The predicted molar refractivity (Wildman–Crippen MR) is 71.9 cm³/mol. The van der Waals surface area contributed by atoms with Gasteiger partial charge in [0, 0.05) is 31.1 Å². The lowest BCUT2D eigenvalue weighted by Gasteiger charge is -2.08. The Morgan fingerprint density at radius 2 is 2.00 bits per heavy atom. The predicted octanol–water partition coefficient (Wildman–Crippen LogP) is 2.29. The third-order valence-electron chi connectivity index (χ3n) is 2.47. The topological polar surface area (TPSA) is 70.1 Å². The normalized spacial score (nSPS) is 10.3. The molecular weight excluding hydrogens is 266 g/mol. The first kappa shape index (κ1) is 14.1. The summed E-state index contributed by atoms with van der Waals surface area (Å²) in [5.41, 5.74) is 0.393. The second-order valence-corrected chi connectivity index (χ2v) is 4.02. The molecule has 0 unspecified atom stereocenters. The number of aliphatic hydroxyl groups excluding tert-OH is 1. The first-order valence-electron chi connectivity index (χ1n) is 6.09. The van der Waals surface area contributed by atoms with Crippen LogP contribution in [0.25, 0.3) is 0 Å². The van der Waals surface area contributed by atoms with Crippen LogP contribution in [0.1, 0.15) is 6.42 Å². The lowest BCUT2D eigenvalue weighted by Crippen LogP contribution is -2.07. The van der Waals surface area contributed by atoms with Crippen molar-refractivity contribution in [1.82, 2.24) is 9.97 Å². The molecule has 20 heavy (non-hydrogen) atoms. The molecule has 106 valence electrons. The number of nitrogens with zero attached hydrogens (tertiary/aromatic N) is 2. The van der Waals surface area contributed by atoms with Crippen molar-refractivity contribution in [2.75, 3.05) is 23.8 Å². The molecule has 0 aliphatic heterocycles. The summed E-state index contributed by atoms with van der Waals surface area (Å²) in [6.45, 7) is 0.630. The number of aliphatic hydroxyl groups is 1. The van der Waals surface area contributed by atoms with Gasteiger partial charge in [-0.2, -0.15) is 4.98 Å². The van der Waals surface area contributed by atoms with Crippen LogP contribution in [0.15, 0.2) is 30.5 Å². The van der Waals surface area contributed by atoms with Gasteiger partial charge in [0.2, 0.25) is 5.95 Å². The fraction of sp³-hybridized carbons (Fsp3) is 0.231. The zero-order valence-corrected chi connectivity index (χ0v) is 10.6. The van der Waals surface area contributed by atoms with Crippen LogP contribution in [0.4, 0.5) is 26.2 Å². The van der Waals surface area contributed by atoms with Gasteiger partial charge in [-0.15, -0.1) is 0 Å².